The van der Waals surface area contributed by atoms with Crippen LogP contribution >= 0.6 is 0 Å². The van der Waals surface area contributed by atoms with Crippen molar-refractivity contribution < 1.29 is 23.9 Å². The molecule has 0 fully saturated rings. The Labute approximate surface area is 203 Å². The van der Waals surface area contributed by atoms with E-state index in [1.807, 2.05) is 30.3 Å². The largest absolute Gasteiger partial charge is 0.465 e. The van der Waals surface area contributed by atoms with E-state index in [1.165, 1.54) is 20.3 Å². The van der Waals surface area contributed by atoms with Crippen molar-refractivity contribution in [2.75, 3.05) is 26.6 Å². The summed E-state index contributed by atoms with van der Waals surface area (Å²) < 4.78 is 9.68. The first-order chi connectivity index (χ1) is 16.9. The Hall–Kier alpha value is -4.48. The molecule has 1 heterocycles. The van der Waals surface area contributed by atoms with Crippen molar-refractivity contribution in [1.29, 1.82) is 0 Å². The van der Waals surface area contributed by atoms with Gasteiger partial charge >= 0.3 is 11.9 Å². The topological polar surface area (TPSA) is 107 Å². The number of amides is 1. The van der Waals surface area contributed by atoms with Gasteiger partial charge in [0.15, 0.2) is 0 Å². The molecule has 3 aromatic rings. The Morgan fingerprint density at radius 2 is 1.51 bits per heavy atom. The number of carbonyl (C=O) groups is 3. The van der Waals surface area contributed by atoms with Gasteiger partial charge in [-0.15, -0.1) is 0 Å². The molecule has 0 saturated heterocycles. The van der Waals surface area contributed by atoms with Crippen LogP contribution in [0.15, 0.2) is 60.7 Å². The van der Waals surface area contributed by atoms with Gasteiger partial charge in [-0.1, -0.05) is 24.1 Å². The zero-order chi connectivity index (χ0) is 25.4. The molecule has 8 heteroatoms. The molecule has 0 saturated carbocycles. The standard InChI is InChI=1S/C27H25N3O5/c1-17(28-2)25(31)30-24-13-11-22(23(29-24)12-10-18-8-6-5-7-9-18)19-14-20(26(32)34-3)16-21(15-19)27(33)35-4/h5-9,11,13-17,28H,1-4H3,(H,29,30,31). The van der Waals surface area contributed by atoms with Crippen LogP contribution in [0.3, 0.4) is 0 Å². The molecule has 1 amide bonds. The lowest BCUT2D eigenvalue weighted by molar-refractivity contribution is -0.117. The quantitative estimate of drug-likeness (QED) is 0.420. The number of hydrogen-bond acceptors (Lipinski definition) is 7. The average molecular weight is 472 g/mol. The fourth-order valence-corrected chi connectivity index (χ4v) is 3.13. The Balaban J connectivity index is 2.16. The number of benzene rings is 2. The third-order valence-electron chi connectivity index (χ3n) is 5.16. The van der Waals surface area contributed by atoms with E-state index in [0.29, 0.717) is 22.6 Å². The summed E-state index contributed by atoms with van der Waals surface area (Å²) in [6, 6.07) is 16.9. The van der Waals surface area contributed by atoms with E-state index in [1.54, 1.807) is 38.2 Å². The van der Waals surface area contributed by atoms with Crippen LogP contribution in [0.4, 0.5) is 5.82 Å². The van der Waals surface area contributed by atoms with Gasteiger partial charge in [0.25, 0.3) is 0 Å². The zero-order valence-corrected chi connectivity index (χ0v) is 19.8. The molecule has 0 bridgehead atoms. The highest BCUT2D eigenvalue weighted by Crippen LogP contribution is 2.27. The van der Waals surface area contributed by atoms with E-state index in [0.717, 1.165) is 5.56 Å². The van der Waals surface area contributed by atoms with Gasteiger partial charge in [-0.05, 0) is 67.9 Å². The number of likely N-dealkylation sites (N-methyl/N-ethyl adjacent to an activating group) is 1. The normalized spacial score (nSPS) is 11.0. The van der Waals surface area contributed by atoms with E-state index in [-0.39, 0.29) is 17.0 Å². The lowest BCUT2D eigenvalue weighted by Gasteiger charge is -2.13. The van der Waals surface area contributed by atoms with Gasteiger partial charge in [-0.3, -0.25) is 4.79 Å². The van der Waals surface area contributed by atoms with Crippen LogP contribution in [0.25, 0.3) is 11.1 Å². The number of nitrogens with one attached hydrogen (secondary N) is 2. The second-order valence-electron chi connectivity index (χ2n) is 7.49. The monoisotopic (exact) mass is 471 g/mol. The number of methoxy groups -OCH3 is 2. The van der Waals surface area contributed by atoms with Gasteiger partial charge in [-0.2, -0.15) is 0 Å². The number of carbonyl (C=O) groups excluding carboxylic acids is 3. The fourth-order valence-electron chi connectivity index (χ4n) is 3.13. The highest BCUT2D eigenvalue weighted by Gasteiger charge is 2.17. The van der Waals surface area contributed by atoms with Crippen molar-refractivity contribution in [3.8, 4) is 23.0 Å². The highest BCUT2D eigenvalue weighted by atomic mass is 16.5. The number of hydrogen-bond donors (Lipinski definition) is 2. The molecule has 0 aliphatic heterocycles. The lowest BCUT2D eigenvalue weighted by atomic mass is 9.98. The van der Waals surface area contributed by atoms with Gasteiger partial charge in [0.1, 0.15) is 11.5 Å². The van der Waals surface area contributed by atoms with Crippen molar-refractivity contribution in [3.05, 3.63) is 83.0 Å². The molecule has 2 aromatic carbocycles. The van der Waals surface area contributed by atoms with Gasteiger partial charge in [0.05, 0.1) is 31.4 Å². The molecule has 0 aliphatic carbocycles. The van der Waals surface area contributed by atoms with Crippen LogP contribution in [-0.4, -0.2) is 50.1 Å². The smallest absolute Gasteiger partial charge is 0.337 e. The van der Waals surface area contributed by atoms with Crippen molar-refractivity contribution in [1.82, 2.24) is 10.3 Å². The predicted molar refractivity (Wildman–Crippen MR) is 132 cm³/mol. The number of esters is 2. The van der Waals surface area contributed by atoms with E-state index < -0.39 is 18.0 Å². The number of pyridine rings is 1. The lowest BCUT2D eigenvalue weighted by Crippen LogP contribution is -2.35. The SMILES string of the molecule is CNC(C)C(=O)Nc1ccc(-c2cc(C(=O)OC)cc(C(=O)OC)c2)c(C#Cc2ccccc2)n1. The number of aromatic nitrogens is 1. The predicted octanol–water partition coefficient (Wildman–Crippen LogP) is 3.27. The Kier molecular flexibility index (Phi) is 8.33. The molecule has 178 valence electrons. The van der Waals surface area contributed by atoms with Crippen LogP contribution in [0.1, 0.15) is 38.9 Å². The van der Waals surface area contributed by atoms with Crippen molar-refractivity contribution >= 4 is 23.7 Å². The maximum absolute atomic E-state index is 12.3. The van der Waals surface area contributed by atoms with Crippen molar-refractivity contribution in [3.63, 3.8) is 0 Å². The number of anilines is 1. The number of rotatable bonds is 6. The molecule has 0 radical (unpaired) electrons. The third-order valence-corrected chi connectivity index (χ3v) is 5.16. The molecular weight excluding hydrogens is 446 g/mol. The van der Waals surface area contributed by atoms with Crippen LogP contribution in [-0.2, 0) is 14.3 Å². The summed E-state index contributed by atoms with van der Waals surface area (Å²) in [4.78, 5) is 41.4. The van der Waals surface area contributed by atoms with Gasteiger partial charge in [0, 0.05) is 11.1 Å². The molecular formula is C27H25N3O5. The summed E-state index contributed by atoms with van der Waals surface area (Å²) >= 11 is 0. The van der Waals surface area contributed by atoms with Crippen LogP contribution in [0, 0.1) is 11.8 Å². The highest BCUT2D eigenvalue weighted by molar-refractivity contribution is 5.98. The minimum absolute atomic E-state index is 0.174. The van der Waals surface area contributed by atoms with E-state index in [2.05, 4.69) is 27.5 Å². The molecule has 1 unspecified atom stereocenters. The summed E-state index contributed by atoms with van der Waals surface area (Å²) in [5, 5.41) is 5.63. The minimum Gasteiger partial charge on any atom is -0.465 e. The molecule has 0 spiro atoms. The van der Waals surface area contributed by atoms with E-state index in [9.17, 15) is 14.4 Å². The first kappa shape index (κ1) is 25.1. The van der Waals surface area contributed by atoms with Crippen molar-refractivity contribution in [2.24, 2.45) is 0 Å². The first-order valence-corrected chi connectivity index (χ1v) is 10.7. The summed E-state index contributed by atoms with van der Waals surface area (Å²) in [5.74, 6) is 4.96. The molecule has 8 nitrogen and oxygen atoms in total. The minimum atomic E-state index is -0.605. The second kappa shape index (κ2) is 11.6. The van der Waals surface area contributed by atoms with Gasteiger partial charge < -0.3 is 20.1 Å². The van der Waals surface area contributed by atoms with Crippen LogP contribution < -0.4 is 10.6 Å². The van der Waals surface area contributed by atoms with Crippen LogP contribution in [0.2, 0.25) is 0 Å². The first-order valence-electron chi connectivity index (χ1n) is 10.7. The Bertz CT molecular complexity index is 1280. The van der Waals surface area contributed by atoms with Gasteiger partial charge in [0.2, 0.25) is 5.91 Å². The summed E-state index contributed by atoms with van der Waals surface area (Å²) in [6.07, 6.45) is 0. The molecule has 35 heavy (non-hydrogen) atoms. The van der Waals surface area contributed by atoms with E-state index in [4.69, 9.17) is 9.47 Å². The molecule has 0 aliphatic rings. The summed E-state index contributed by atoms with van der Waals surface area (Å²) in [6.45, 7) is 1.73. The van der Waals surface area contributed by atoms with E-state index >= 15 is 0 Å². The number of nitrogens with zero attached hydrogens (tertiary/aromatic N) is 1. The van der Waals surface area contributed by atoms with Crippen molar-refractivity contribution in [2.45, 2.75) is 13.0 Å². The summed E-state index contributed by atoms with van der Waals surface area (Å²) in [5.41, 5.74) is 2.54. The second-order valence-corrected chi connectivity index (χ2v) is 7.49. The van der Waals surface area contributed by atoms with Crippen LogP contribution in [0.5, 0.6) is 0 Å². The zero-order valence-electron chi connectivity index (χ0n) is 19.8. The molecule has 1 atom stereocenters. The molecule has 2 N–H and O–H groups in total. The maximum atomic E-state index is 12.3. The maximum Gasteiger partial charge on any atom is 0.337 e. The summed E-state index contributed by atoms with van der Waals surface area (Å²) in [7, 11) is 4.20. The average Bonchev–Trinajstić information content (AvgIpc) is 2.90. The Morgan fingerprint density at radius 1 is 0.886 bits per heavy atom. The van der Waals surface area contributed by atoms with Gasteiger partial charge in [-0.25, -0.2) is 14.6 Å². The Morgan fingerprint density at radius 3 is 2.09 bits per heavy atom. The third kappa shape index (κ3) is 6.31. The number of ether oxygens (including phenoxy) is 2. The fraction of sp³-hybridized carbons (Fsp3) is 0.185. The molecule has 1 aromatic heterocycles. The molecule has 3 rings (SSSR count).